The van der Waals surface area contributed by atoms with Gasteiger partial charge in [-0.25, -0.2) is 0 Å². The van der Waals surface area contributed by atoms with Gasteiger partial charge in [0.15, 0.2) is 5.16 Å². The van der Waals surface area contributed by atoms with Gasteiger partial charge in [0.05, 0.1) is 12.2 Å². The van der Waals surface area contributed by atoms with E-state index in [1.807, 2.05) is 55.7 Å². The van der Waals surface area contributed by atoms with E-state index < -0.39 is 0 Å². The third-order valence-corrected chi connectivity index (χ3v) is 6.01. The largest absolute Gasteiger partial charge is 0.326 e. The average molecular weight is 458 g/mol. The molecule has 0 radical (unpaired) electrons. The third kappa shape index (κ3) is 6.08. The number of carbonyl (C=O) groups is 2. The zero-order valence-corrected chi connectivity index (χ0v) is 19.2. The van der Waals surface area contributed by atoms with E-state index in [4.69, 9.17) is 11.6 Å². The standard InChI is InChI=1S/C22H24ClN5O2S/c1-4-28-19(12-20(29)24-16-10-9-14(2)17(23)11-16)26-27-22(28)31-13-21(30)25-18-8-6-5-7-15(18)3/h5-11H,4,12-13H2,1-3H3,(H,24,29)(H,25,30). The Hall–Kier alpha value is -2.84. The summed E-state index contributed by atoms with van der Waals surface area (Å²) in [6, 6.07) is 13.0. The van der Waals surface area contributed by atoms with Crippen molar-refractivity contribution in [2.75, 3.05) is 16.4 Å². The fraction of sp³-hybridized carbons (Fsp3) is 0.273. The molecule has 9 heteroatoms. The molecule has 162 valence electrons. The summed E-state index contributed by atoms with van der Waals surface area (Å²) in [5.74, 6) is 0.400. The fourth-order valence-corrected chi connectivity index (χ4v) is 3.92. The molecule has 7 nitrogen and oxygen atoms in total. The van der Waals surface area contributed by atoms with Gasteiger partial charge in [-0.15, -0.1) is 10.2 Å². The summed E-state index contributed by atoms with van der Waals surface area (Å²) in [6.45, 7) is 6.38. The number of nitrogens with one attached hydrogen (secondary N) is 2. The van der Waals surface area contributed by atoms with Crippen LogP contribution in [0.3, 0.4) is 0 Å². The maximum absolute atomic E-state index is 12.5. The van der Waals surface area contributed by atoms with Crippen molar-refractivity contribution in [2.24, 2.45) is 0 Å². The molecular weight excluding hydrogens is 434 g/mol. The molecule has 0 bridgehead atoms. The van der Waals surface area contributed by atoms with Gasteiger partial charge in [-0.3, -0.25) is 9.59 Å². The molecule has 0 fully saturated rings. The normalized spacial score (nSPS) is 10.7. The van der Waals surface area contributed by atoms with Gasteiger partial charge in [-0.2, -0.15) is 0 Å². The summed E-state index contributed by atoms with van der Waals surface area (Å²) < 4.78 is 1.84. The van der Waals surface area contributed by atoms with Crippen LogP contribution in [0.2, 0.25) is 5.02 Å². The number of amides is 2. The van der Waals surface area contributed by atoms with Crippen molar-refractivity contribution >= 4 is 46.6 Å². The number of nitrogens with zero attached hydrogens (tertiary/aromatic N) is 3. The number of anilines is 2. The highest BCUT2D eigenvalue weighted by atomic mass is 35.5. The van der Waals surface area contributed by atoms with Gasteiger partial charge in [0, 0.05) is 22.9 Å². The van der Waals surface area contributed by atoms with Crippen molar-refractivity contribution in [1.29, 1.82) is 0 Å². The molecule has 0 aliphatic heterocycles. The van der Waals surface area contributed by atoms with Crippen LogP contribution in [0.1, 0.15) is 23.9 Å². The highest BCUT2D eigenvalue weighted by Crippen LogP contribution is 2.21. The maximum Gasteiger partial charge on any atom is 0.234 e. The van der Waals surface area contributed by atoms with Gasteiger partial charge in [-0.1, -0.05) is 47.6 Å². The molecule has 1 heterocycles. The first-order valence-electron chi connectivity index (χ1n) is 9.83. The lowest BCUT2D eigenvalue weighted by molar-refractivity contribution is -0.116. The Morgan fingerprint density at radius 1 is 1.03 bits per heavy atom. The minimum Gasteiger partial charge on any atom is -0.326 e. The Bertz CT molecular complexity index is 1100. The predicted octanol–water partition coefficient (Wildman–Crippen LogP) is 4.48. The van der Waals surface area contributed by atoms with E-state index in [0.717, 1.165) is 16.8 Å². The highest BCUT2D eigenvalue weighted by Gasteiger charge is 2.16. The number of hydrogen-bond acceptors (Lipinski definition) is 5. The smallest absolute Gasteiger partial charge is 0.234 e. The molecule has 3 rings (SSSR count). The SMILES string of the molecule is CCn1c(CC(=O)Nc2ccc(C)c(Cl)c2)nnc1SCC(=O)Nc1ccccc1C. The van der Waals surface area contributed by atoms with Gasteiger partial charge in [0.25, 0.3) is 0 Å². The number of carbonyl (C=O) groups excluding carboxylic acids is 2. The van der Waals surface area contributed by atoms with Gasteiger partial charge in [0.1, 0.15) is 5.82 Å². The van der Waals surface area contributed by atoms with Crippen molar-refractivity contribution in [3.63, 3.8) is 0 Å². The van der Waals surface area contributed by atoms with Crippen molar-refractivity contribution in [1.82, 2.24) is 14.8 Å². The summed E-state index contributed by atoms with van der Waals surface area (Å²) in [4.78, 5) is 24.8. The second-order valence-electron chi connectivity index (χ2n) is 6.98. The lowest BCUT2D eigenvalue weighted by atomic mass is 10.2. The Labute approximate surface area is 190 Å². The first-order chi connectivity index (χ1) is 14.9. The summed E-state index contributed by atoms with van der Waals surface area (Å²) in [7, 11) is 0. The van der Waals surface area contributed by atoms with Gasteiger partial charge in [0.2, 0.25) is 11.8 Å². The van der Waals surface area contributed by atoms with E-state index in [2.05, 4.69) is 20.8 Å². The molecule has 1 aromatic heterocycles. The molecule has 0 aliphatic rings. The van der Waals surface area contributed by atoms with Crippen LogP contribution in [0.15, 0.2) is 47.6 Å². The lowest BCUT2D eigenvalue weighted by Crippen LogP contribution is -2.18. The van der Waals surface area contributed by atoms with Gasteiger partial charge < -0.3 is 15.2 Å². The quantitative estimate of drug-likeness (QED) is 0.487. The second kappa shape index (κ2) is 10.5. The molecule has 0 saturated carbocycles. The van der Waals surface area contributed by atoms with Crippen molar-refractivity contribution in [2.45, 2.75) is 38.9 Å². The monoisotopic (exact) mass is 457 g/mol. The van der Waals surface area contributed by atoms with Crippen molar-refractivity contribution < 1.29 is 9.59 Å². The molecule has 2 amide bonds. The van der Waals surface area contributed by atoms with Gasteiger partial charge in [-0.05, 0) is 50.1 Å². The molecule has 3 aromatic rings. The molecule has 0 saturated heterocycles. The van der Waals surface area contributed by atoms with Gasteiger partial charge >= 0.3 is 0 Å². The summed E-state index contributed by atoms with van der Waals surface area (Å²) in [6.07, 6.45) is 0.0717. The Morgan fingerprint density at radius 2 is 1.81 bits per heavy atom. The zero-order valence-electron chi connectivity index (χ0n) is 17.6. The Balaban J connectivity index is 1.59. The van der Waals surface area contributed by atoms with Crippen LogP contribution in [0, 0.1) is 13.8 Å². The topological polar surface area (TPSA) is 88.9 Å². The lowest BCUT2D eigenvalue weighted by Gasteiger charge is -2.10. The van der Waals surface area contributed by atoms with Crippen LogP contribution in [0.4, 0.5) is 11.4 Å². The fourth-order valence-electron chi connectivity index (χ4n) is 2.92. The molecule has 31 heavy (non-hydrogen) atoms. The zero-order chi connectivity index (χ0) is 22.4. The van der Waals surface area contributed by atoms with E-state index in [1.165, 1.54) is 11.8 Å². The number of rotatable bonds is 8. The van der Waals surface area contributed by atoms with Crippen LogP contribution in [0.25, 0.3) is 0 Å². The van der Waals surface area contributed by atoms with Crippen LogP contribution >= 0.6 is 23.4 Å². The molecule has 0 atom stereocenters. The number of benzene rings is 2. The predicted molar refractivity (Wildman–Crippen MR) is 125 cm³/mol. The Morgan fingerprint density at radius 3 is 2.52 bits per heavy atom. The van der Waals surface area contributed by atoms with Crippen LogP contribution < -0.4 is 10.6 Å². The molecule has 0 unspecified atom stereocenters. The molecule has 2 aromatic carbocycles. The number of aromatic nitrogens is 3. The van der Waals surface area contributed by atoms with E-state index in [1.54, 1.807) is 12.1 Å². The molecule has 2 N–H and O–H groups in total. The summed E-state index contributed by atoms with van der Waals surface area (Å²) in [5, 5.41) is 15.2. The first-order valence-corrected chi connectivity index (χ1v) is 11.2. The molecule has 0 aliphatic carbocycles. The minimum absolute atomic E-state index is 0.0717. The van der Waals surface area contributed by atoms with E-state index >= 15 is 0 Å². The van der Waals surface area contributed by atoms with Crippen molar-refractivity contribution in [3.05, 3.63) is 64.4 Å². The highest BCUT2D eigenvalue weighted by molar-refractivity contribution is 7.99. The number of para-hydroxylation sites is 1. The second-order valence-corrected chi connectivity index (χ2v) is 8.33. The minimum atomic E-state index is -0.212. The number of thioether (sulfide) groups is 1. The number of hydrogen-bond donors (Lipinski definition) is 2. The van der Waals surface area contributed by atoms with E-state index in [0.29, 0.717) is 28.2 Å². The maximum atomic E-state index is 12.5. The first kappa shape index (κ1) is 22.8. The van der Waals surface area contributed by atoms with E-state index in [-0.39, 0.29) is 24.0 Å². The third-order valence-electron chi connectivity index (χ3n) is 4.64. The Kier molecular flexibility index (Phi) is 7.70. The van der Waals surface area contributed by atoms with E-state index in [9.17, 15) is 9.59 Å². The van der Waals surface area contributed by atoms with Crippen LogP contribution in [-0.2, 0) is 22.6 Å². The van der Waals surface area contributed by atoms with Crippen molar-refractivity contribution in [3.8, 4) is 0 Å². The van der Waals surface area contributed by atoms with Crippen LogP contribution in [0.5, 0.6) is 0 Å². The number of halogens is 1. The average Bonchev–Trinajstić information content (AvgIpc) is 3.12. The summed E-state index contributed by atoms with van der Waals surface area (Å²) >= 11 is 7.40. The summed E-state index contributed by atoms with van der Waals surface area (Å²) in [5.41, 5.74) is 3.36. The number of aryl methyl sites for hydroxylation is 2. The molecular formula is C22H24ClN5O2S. The van der Waals surface area contributed by atoms with Crippen LogP contribution in [-0.4, -0.2) is 32.3 Å². The molecule has 0 spiro atoms.